The zero-order chi connectivity index (χ0) is 24.1. The highest BCUT2D eigenvalue weighted by atomic mass is 32.2. The average Bonchev–Trinajstić information content (AvgIpc) is 3.53. The van der Waals surface area contributed by atoms with Crippen LogP contribution in [0.5, 0.6) is 0 Å². The van der Waals surface area contributed by atoms with Gasteiger partial charge < -0.3 is 13.7 Å². The fourth-order valence-electron chi connectivity index (χ4n) is 3.54. The summed E-state index contributed by atoms with van der Waals surface area (Å²) in [7, 11) is -2.75. The molecular weight excluding hydrogens is 452 g/mol. The van der Waals surface area contributed by atoms with Gasteiger partial charge in [-0.2, -0.15) is 8.42 Å². The normalized spacial score (nSPS) is 10.9. The van der Waals surface area contributed by atoms with Gasteiger partial charge in [-0.3, -0.25) is 4.72 Å². The van der Waals surface area contributed by atoms with Gasteiger partial charge in [0.25, 0.3) is 0 Å². The van der Waals surface area contributed by atoms with Gasteiger partial charge in [-0.25, -0.2) is 4.79 Å². The lowest BCUT2D eigenvalue weighted by Gasteiger charge is -2.12. The fraction of sp³-hybridized carbons (Fsp3) is 0.115. The zero-order valence-electron chi connectivity index (χ0n) is 18.6. The minimum absolute atomic E-state index is 0.273. The van der Waals surface area contributed by atoms with Gasteiger partial charge in [0, 0.05) is 18.8 Å². The Balaban J connectivity index is 1.69. The molecule has 0 aliphatic carbocycles. The second kappa shape index (κ2) is 9.73. The molecule has 0 radical (unpaired) electrons. The van der Waals surface area contributed by atoms with Crippen molar-refractivity contribution in [3.8, 4) is 16.9 Å². The molecular formula is C26H22N2O5S. The number of para-hydroxylation sites is 1. The quantitative estimate of drug-likeness (QED) is 0.328. The van der Waals surface area contributed by atoms with Gasteiger partial charge in [0.1, 0.15) is 5.76 Å². The molecule has 0 aliphatic heterocycles. The summed E-state index contributed by atoms with van der Waals surface area (Å²) in [5.41, 5.74) is 3.26. The van der Waals surface area contributed by atoms with Crippen molar-refractivity contribution in [2.24, 2.45) is 0 Å². The molecule has 0 saturated carbocycles. The van der Waals surface area contributed by atoms with Crippen molar-refractivity contribution in [1.82, 2.24) is 4.57 Å². The Kier molecular flexibility index (Phi) is 6.57. The number of esters is 1. The molecule has 0 unspecified atom stereocenters. The Morgan fingerprint density at radius 2 is 1.88 bits per heavy atom. The molecule has 0 fully saturated rings. The van der Waals surface area contributed by atoms with E-state index in [9.17, 15) is 13.2 Å². The maximum Gasteiger partial charge on any atom is 0.340 e. The Morgan fingerprint density at radius 3 is 2.59 bits per heavy atom. The molecule has 8 heteroatoms. The van der Waals surface area contributed by atoms with Crippen molar-refractivity contribution >= 4 is 21.7 Å². The molecule has 34 heavy (non-hydrogen) atoms. The highest BCUT2D eigenvalue weighted by molar-refractivity contribution is 7.97. The number of furan rings is 1. The van der Waals surface area contributed by atoms with Gasteiger partial charge in [-0.15, -0.1) is 0 Å². The predicted molar refractivity (Wildman–Crippen MR) is 129 cm³/mol. The monoisotopic (exact) mass is 474 g/mol. The van der Waals surface area contributed by atoms with Crippen LogP contribution in [0.25, 0.3) is 5.69 Å². The Bertz CT molecular complexity index is 1480. The third-order valence-electron chi connectivity index (χ3n) is 5.07. The SMILES string of the molecule is COC(=O)c1cccc(C#CS(=O)(=O)Nc2ccc(C)cc2Cc2ccco2)c1-n1cccc1. The van der Waals surface area contributed by atoms with E-state index in [2.05, 4.69) is 15.9 Å². The molecule has 4 aromatic rings. The van der Waals surface area contributed by atoms with Crippen LogP contribution in [-0.2, 0) is 21.2 Å². The lowest BCUT2D eigenvalue weighted by Crippen LogP contribution is -2.12. The van der Waals surface area contributed by atoms with Crippen molar-refractivity contribution < 1.29 is 22.4 Å². The summed E-state index contributed by atoms with van der Waals surface area (Å²) in [5.74, 6) is 2.88. The highest BCUT2D eigenvalue weighted by Crippen LogP contribution is 2.23. The van der Waals surface area contributed by atoms with Gasteiger partial charge in [0.05, 0.1) is 41.1 Å². The number of carbonyl (C=O) groups is 1. The predicted octanol–water partition coefficient (Wildman–Crippen LogP) is 4.51. The second-order valence-corrected chi connectivity index (χ2v) is 8.95. The largest absolute Gasteiger partial charge is 0.469 e. The number of sulfonamides is 1. The van der Waals surface area contributed by atoms with Gasteiger partial charge in [0.2, 0.25) is 0 Å². The third-order valence-corrected chi connectivity index (χ3v) is 5.93. The second-order valence-electron chi connectivity index (χ2n) is 7.53. The molecule has 0 atom stereocenters. The van der Waals surface area contributed by atoms with Crippen LogP contribution in [0.15, 0.2) is 83.7 Å². The summed E-state index contributed by atoms with van der Waals surface area (Å²) < 4.78 is 40.3. The maximum absolute atomic E-state index is 12.9. The van der Waals surface area contributed by atoms with Gasteiger partial charge >= 0.3 is 16.0 Å². The van der Waals surface area contributed by atoms with Crippen molar-refractivity contribution in [2.75, 3.05) is 11.8 Å². The zero-order valence-corrected chi connectivity index (χ0v) is 19.4. The van der Waals surface area contributed by atoms with Crippen molar-refractivity contribution in [1.29, 1.82) is 0 Å². The maximum atomic E-state index is 12.9. The number of nitrogens with one attached hydrogen (secondary N) is 1. The molecule has 0 saturated heterocycles. The van der Waals surface area contributed by atoms with E-state index in [1.54, 1.807) is 65.7 Å². The van der Waals surface area contributed by atoms with E-state index in [-0.39, 0.29) is 5.56 Å². The molecule has 2 heterocycles. The summed E-state index contributed by atoms with van der Waals surface area (Å²) in [6.07, 6.45) is 5.49. The summed E-state index contributed by atoms with van der Waals surface area (Å²) in [6, 6.07) is 17.5. The first-order valence-corrected chi connectivity index (χ1v) is 11.9. The minimum Gasteiger partial charge on any atom is -0.469 e. The Labute approximate surface area is 198 Å². The molecule has 4 rings (SSSR count). The summed E-state index contributed by atoms with van der Waals surface area (Å²) in [6.45, 7) is 1.93. The number of rotatable bonds is 6. The first-order valence-electron chi connectivity index (χ1n) is 10.4. The van der Waals surface area contributed by atoms with Crippen molar-refractivity contribution in [2.45, 2.75) is 13.3 Å². The molecule has 172 valence electrons. The number of nitrogens with zero attached hydrogens (tertiary/aromatic N) is 1. The molecule has 2 aromatic heterocycles. The molecule has 7 nitrogen and oxygen atoms in total. The van der Waals surface area contributed by atoms with Crippen LogP contribution >= 0.6 is 0 Å². The summed E-state index contributed by atoms with van der Waals surface area (Å²) >= 11 is 0. The number of aromatic nitrogens is 1. The summed E-state index contributed by atoms with van der Waals surface area (Å²) in [5, 5.41) is 2.33. The van der Waals surface area contributed by atoms with Crippen LogP contribution in [-0.4, -0.2) is 26.1 Å². The van der Waals surface area contributed by atoms with E-state index >= 15 is 0 Å². The number of ether oxygens (including phenoxy) is 1. The van der Waals surface area contributed by atoms with Gasteiger partial charge in [-0.1, -0.05) is 23.8 Å². The first-order chi connectivity index (χ1) is 16.4. The van der Waals surface area contributed by atoms with E-state index in [1.807, 2.05) is 25.1 Å². The Morgan fingerprint density at radius 1 is 1.09 bits per heavy atom. The number of methoxy groups -OCH3 is 1. The lowest BCUT2D eigenvalue weighted by molar-refractivity contribution is 0.0600. The van der Waals surface area contributed by atoms with Crippen LogP contribution in [0.2, 0.25) is 0 Å². The lowest BCUT2D eigenvalue weighted by atomic mass is 10.1. The number of carbonyl (C=O) groups excluding carboxylic acids is 1. The van der Waals surface area contributed by atoms with E-state index in [0.717, 1.165) is 11.1 Å². The average molecular weight is 475 g/mol. The van der Waals surface area contributed by atoms with Gasteiger partial charge in [0.15, 0.2) is 0 Å². The van der Waals surface area contributed by atoms with Crippen LogP contribution in [0.4, 0.5) is 5.69 Å². The number of benzene rings is 2. The Hall–Kier alpha value is -4.22. The molecule has 0 aliphatic rings. The van der Waals surface area contributed by atoms with E-state index < -0.39 is 16.0 Å². The molecule has 0 amide bonds. The standard InChI is InChI=1S/C26H22N2O5S/c1-19-10-11-24(21(17-19)18-22-8-6-15-33-22)27-34(30,31)16-12-20-7-5-9-23(26(29)32-2)25(20)28-13-3-4-14-28/h3-11,13-15,17,27H,18H2,1-2H3. The van der Waals surface area contributed by atoms with Crippen molar-refractivity contribution in [3.05, 3.63) is 107 Å². The molecule has 0 bridgehead atoms. The molecule has 0 spiro atoms. The van der Waals surface area contributed by atoms with Crippen LogP contribution in [0.1, 0.15) is 32.8 Å². The van der Waals surface area contributed by atoms with Crippen LogP contribution < -0.4 is 4.72 Å². The van der Waals surface area contributed by atoms with E-state index in [0.29, 0.717) is 29.1 Å². The number of hydrogen-bond acceptors (Lipinski definition) is 5. The third kappa shape index (κ3) is 5.22. The van der Waals surface area contributed by atoms with Crippen LogP contribution in [0, 0.1) is 18.1 Å². The van der Waals surface area contributed by atoms with Crippen molar-refractivity contribution in [3.63, 3.8) is 0 Å². The van der Waals surface area contributed by atoms with E-state index in [1.165, 1.54) is 7.11 Å². The van der Waals surface area contributed by atoms with E-state index in [4.69, 9.17) is 9.15 Å². The molecule has 1 N–H and O–H groups in total. The topological polar surface area (TPSA) is 90.5 Å². The number of anilines is 1. The van der Waals surface area contributed by atoms with Gasteiger partial charge in [-0.05, 0) is 60.9 Å². The fourth-order valence-corrected chi connectivity index (χ4v) is 4.33. The first kappa shape index (κ1) is 23.0. The molecule has 2 aromatic carbocycles. The number of hydrogen-bond donors (Lipinski definition) is 1. The minimum atomic E-state index is -4.04. The number of aryl methyl sites for hydroxylation is 1. The van der Waals surface area contributed by atoms with Crippen LogP contribution in [0.3, 0.4) is 0 Å². The summed E-state index contributed by atoms with van der Waals surface area (Å²) in [4.78, 5) is 12.3. The smallest absolute Gasteiger partial charge is 0.340 e. The highest BCUT2D eigenvalue weighted by Gasteiger charge is 2.17.